The molecule has 4 rings (SSSR count). The number of nitrogens with zero attached hydrogens (tertiary/aromatic N) is 2. The van der Waals surface area contributed by atoms with Gasteiger partial charge in [-0.05, 0) is 48.7 Å². The highest BCUT2D eigenvalue weighted by molar-refractivity contribution is 7.81. The third-order valence-electron chi connectivity index (χ3n) is 5.55. The van der Waals surface area contributed by atoms with Gasteiger partial charge in [-0.1, -0.05) is 12.8 Å². The number of amides is 3. The Morgan fingerprint density at radius 1 is 1.17 bits per heavy atom. The van der Waals surface area contributed by atoms with Crippen LogP contribution in [0.2, 0.25) is 0 Å². The number of carbonyl (C=O) groups excluding carboxylic acids is 2. The van der Waals surface area contributed by atoms with Crippen molar-refractivity contribution >= 4 is 40.3 Å². The summed E-state index contributed by atoms with van der Waals surface area (Å²) in [4.78, 5) is 25.8. The van der Waals surface area contributed by atoms with Gasteiger partial charge >= 0.3 is 6.03 Å². The molecule has 1 heterocycles. The van der Waals surface area contributed by atoms with Crippen molar-refractivity contribution in [3.8, 4) is 0 Å². The zero-order valence-electron chi connectivity index (χ0n) is 15.1. The van der Waals surface area contributed by atoms with Gasteiger partial charge < -0.3 is 5.73 Å². The van der Waals surface area contributed by atoms with Crippen LogP contribution >= 0.6 is 0 Å². The molecule has 1 spiro atoms. The highest BCUT2D eigenvalue weighted by atomic mass is 32.2. The number of nitrogens with two attached hydrogens (primary N) is 1. The van der Waals surface area contributed by atoms with Gasteiger partial charge in [0.15, 0.2) is 5.82 Å². The fourth-order valence-corrected chi connectivity index (χ4v) is 4.92. The normalized spacial score (nSPS) is 18.2. The molecule has 7 nitrogen and oxygen atoms in total. The highest BCUT2D eigenvalue weighted by Gasteiger charge is 2.53. The lowest BCUT2D eigenvalue weighted by molar-refractivity contribution is -0.122. The molecule has 0 saturated heterocycles. The summed E-state index contributed by atoms with van der Waals surface area (Å²) in [6.45, 7) is 0. The molecule has 2 aliphatic rings. The van der Waals surface area contributed by atoms with E-state index in [1.807, 2.05) is 0 Å². The molecule has 10 heteroatoms. The van der Waals surface area contributed by atoms with E-state index in [2.05, 4.69) is 0 Å². The number of primary amides is 1. The lowest BCUT2D eigenvalue weighted by Gasteiger charge is -2.24. The monoisotopic (exact) mass is 421 g/mol. The lowest BCUT2D eigenvalue weighted by atomic mass is 9.80. The lowest BCUT2D eigenvalue weighted by Crippen LogP contribution is -2.44. The number of benzene rings is 2. The number of fused-ring (bicyclic) bond motifs is 2. The third-order valence-corrected chi connectivity index (χ3v) is 6.27. The summed E-state index contributed by atoms with van der Waals surface area (Å²) in [6, 6.07) is 6.06. The smallest absolute Gasteiger partial charge is 0.326 e. The van der Waals surface area contributed by atoms with Crippen LogP contribution in [0.4, 0.5) is 30.6 Å². The summed E-state index contributed by atoms with van der Waals surface area (Å²) in [5.74, 6) is -2.26. The van der Waals surface area contributed by atoms with Crippen molar-refractivity contribution in [3.63, 3.8) is 0 Å². The minimum atomic E-state index is -2.68. The molecule has 0 aromatic heterocycles. The van der Waals surface area contributed by atoms with E-state index >= 15 is 0 Å². The van der Waals surface area contributed by atoms with Gasteiger partial charge in [-0.15, -0.1) is 0 Å². The second-order valence-corrected chi connectivity index (χ2v) is 7.92. The molecule has 1 saturated carbocycles. The Labute approximate surface area is 167 Å². The fourth-order valence-electron chi connectivity index (χ4n) is 4.31. The first-order chi connectivity index (χ1) is 13.8. The quantitative estimate of drug-likeness (QED) is 0.741. The summed E-state index contributed by atoms with van der Waals surface area (Å²) in [7, 11) is 0. The minimum absolute atomic E-state index is 0.125. The Bertz CT molecular complexity index is 1060. The number of hydrogen-bond acceptors (Lipinski definition) is 3. The molecule has 29 heavy (non-hydrogen) atoms. The Kier molecular flexibility index (Phi) is 4.62. The molecule has 3 N–H and O–H groups in total. The largest absolute Gasteiger partial charge is 0.351 e. The zero-order chi connectivity index (χ0) is 20.9. The van der Waals surface area contributed by atoms with Gasteiger partial charge in [-0.3, -0.25) is 9.35 Å². The Hall–Kier alpha value is -2.85. The molecule has 1 aliphatic carbocycles. The maximum absolute atomic E-state index is 14.3. The van der Waals surface area contributed by atoms with Gasteiger partial charge in [-0.2, -0.15) is 0 Å². The van der Waals surface area contributed by atoms with Crippen molar-refractivity contribution in [2.24, 2.45) is 5.73 Å². The van der Waals surface area contributed by atoms with E-state index in [9.17, 15) is 27.1 Å². The SMILES string of the molecule is NC(=O)N1C(=O)C2(CCCC2)c2cc(N(c3ccc(F)cc3F)S(=O)O)ccc21. The average molecular weight is 421 g/mol. The van der Waals surface area contributed by atoms with Crippen molar-refractivity contribution in [3.05, 3.63) is 53.6 Å². The van der Waals surface area contributed by atoms with Gasteiger partial charge in [0.1, 0.15) is 5.82 Å². The van der Waals surface area contributed by atoms with E-state index in [4.69, 9.17) is 5.73 Å². The Balaban J connectivity index is 1.89. The first-order valence-corrected chi connectivity index (χ1v) is 9.97. The molecule has 1 aliphatic heterocycles. The van der Waals surface area contributed by atoms with Crippen LogP contribution in [0, 0.1) is 11.6 Å². The van der Waals surface area contributed by atoms with Gasteiger partial charge in [0.25, 0.3) is 11.3 Å². The minimum Gasteiger partial charge on any atom is -0.351 e. The zero-order valence-corrected chi connectivity index (χ0v) is 15.9. The molecule has 152 valence electrons. The van der Waals surface area contributed by atoms with Crippen molar-refractivity contribution in [1.29, 1.82) is 0 Å². The predicted molar refractivity (Wildman–Crippen MR) is 103 cm³/mol. The number of rotatable bonds is 3. The molecule has 0 radical (unpaired) electrons. The van der Waals surface area contributed by atoms with Crippen molar-refractivity contribution in [2.75, 3.05) is 9.21 Å². The second kappa shape index (κ2) is 6.89. The molecule has 2 aromatic carbocycles. The molecule has 3 amide bonds. The van der Waals surface area contributed by atoms with E-state index in [0.29, 0.717) is 30.2 Å². The second-order valence-electron chi connectivity index (χ2n) is 7.09. The van der Waals surface area contributed by atoms with Crippen LogP contribution in [0.5, 0.6) is 0 Å². The first-order valence-electron chi connectivity index (χ1n) is 8.91. The van der Waals surface area contributed by atoms with Crippen molar-refractivity contribution < 1.29 is 27.1 Å². The topological polar surface area (TPSA) is 104 Å². The highest BCUT2D eigenvalue weighted by Crippen LogP contribution is 2.52. The Morgan fingerprint density at radius 2 is 1.86 bits per heavy atom. The number of imide groups is 1. The average Bonchev–Trinajstić information content (AvgIpc) is 3.23. The maximum Gasteiger partial charge on any atom is 0.326 e. The number of anilines is 3. The summed E-state index contributed by atoms with van der Waals surface area (Å²) >= 11 is -2.68. The standard InChI is InChI=1S/C19H17F2N3O4S/c20-11-3-5-16(14(21)9-11)24(29(27)28)12-4-6-15-13(10-12)19(7-1-2-8-19)17(25)23(15)18(22)26/h3-6,9-10H,1-2,7-8H2,(H2,22,26)(H,27,28). The Morgan fingerprint density at radius 3 is 2.45 bits per heavy atom. The molecule has 1 atom stereocenters. The molecule has 2 aromatic rings. The van der Waals surface area contributed by atoms with Crippen LogP contribution in [0.3, 0.4) is 0 Å². The van der Waals surface area contributed by atoms with Crippen LogP contribution in [0.1, 0.15) is 31.2 Å². The fraction of sp³-hybridized carbons (Fsp3) is 0.263. The van der Waals surface area contributed by atoms with E-state index < -0.39 is 40.3 Å². The van der Waals surface area contributed by atoms with Crippen LogP contribution in [0.25, 0.3) is 0 Å². The molecular weight excluding hydrogens is 404 g/mol. The van der Waals surface area contributed by atoms with Crippen LogP contribution < -0.4 is 14.9 Å². The maximum atomic E-state index is 14.3. The number of halogens is 2. The number of urea groups is 1. The number of hydrogen-bond donors (Lipinski definition) is 2. The molecule has 1 fully saturated rings. The molecule has 1 unspecified atom stereocenters. The van der Waals surface area contributed by atoms with E-state index in [1.54, 1.807) is 0 Å². The van der Waals surface area contributed by atoms with Gasteiger partial charge in [0.2, 0.25) is 5.91 Å². The molecule has 0 bridgehead atoms. The van der Waals surface area contributed by atoms with Crippen molar-refractivity contribution in [2.45, 2.75) is 31.1 Å². The number of carbonyl (C=O) groups is 2. The van der Waals surface area contributed by atoms with Gasteiger partial charge in [0, 0.05) is 6.07 Å². The first kappa shape index (κ1) is 19.5. The third kappa shape index (κ3) is 2.90. The van der Waals surface area contributed by atoms with Gasteiger partial charge in [-0.25, -0.2) is 27.0 Å². The van der Waals surface area contributed by atoms with Crippen LogP contribution in [-0.4, -0.2) is 20.7 Å². The summed E-state index contributed by atoms with van der Waals surface area (Å²) in [6.07, 6.45) is 2.59. The summed E-state index contributed by atoms with van der Waals surface area (Å²) in [5.41, 5.74) is 5.12. The van der Waals surface area contributed by atoms with E-state index in [0.717, 1.165) is 34.2 Å². The van der Waals surface area contributed by atoms with E-state index in [1.165, 1.54) is 18.2 Å². The summed E-state index contributed by atoms with van der Waals surface area (Å²) < 4.78 is 50.2. The molecular formula is C19H17F2N3O4S. The van der Waals surface area contributed by atoms with Crippen LogP contribution in [0.15, 0.2) is 36.4 Å². The van der Waals surface area contributed by atoms with E-state index in [-0.39, 0.29) is 11.4 Å². The summed E-state index contributed by atoms with van der Waals surface area (Å²) in [5, 5.41) is 0. The van der Waals surface area contributed by atoms with Crippen molar-refractivity contribution in [1.82, 2.24) is 0 Å². The van der Waals surface area contributed by atoms with Gasteiger partial charge in [0.05, 0.1) is 22.5 Å². The predicted octanol–water partition coefficient (Wildman–Crippen LogP) is 3.48. The van der Waals surface area contributed by atoms with Crippen LogP contribution in [-0.2, 0) is 21.5 Å².